The predicted molar refractivity (Wildman–Crippen MR) is 82.2 cm³/mol. The maximum atomic E-state index is 11.9. The number of anilines is 1. The molecule has 0 unspecified atom stereocenters. The molecule has 0 fully saturated rings. The largest absolute Gasteiger partial charge is 0.492 e. The van der Waals surface area contributed by atoms with Crippen molar-refractivity contribution >= 4 is 11.6 Å². The minimum Gasteiger partial charge on any atom is -0.492 e. The van der Waals surface area contributed by atoms with Crippen molar-refractivity contribution in [2.45, 2.75) is 12.8 Å². The highest BCUT2D eigenvalue weighted by molar-refractivity contribution is 5.90. The van der Waals surface area contributed by atoms with Crippen molar-refractivity contribution in [1.29, 1.82) is 0 Å². The zero-order chi connectivity index (χ0) is 14.9. The number of aryl methyl sites for hydroxylation is 1. The highest BCUT2D eigenvalue weighted by atomic mass is 16.5. The van der Waals surface area contributed by atoms with Crippen LogP contribution in [0.15, 0.2) is 48.8 Å². The molecule has 0 atom stereocenters. The third kappa shape index (κ3) is 5.24. The van der Waals surface area contributed by atoms with Gasteiger partial charge in [0.05, 0.1) is 0 Å². The number of nitrogens with one attached hydrogen (secondary N) is 1. The van der Waals surface area contributed by atoms with E-state index in [1.807, 2.05) is 36.4 Å². The summed E-state index contributed by atoms with van der Waals surface area (Å²) in [6.07, 6.45) is 4.60. The Morgan fingerprint density at radius 3 is 2.71 bits per heavy atom. The van der Waals surface area contributed by atoms with Crippen LogP contribution in [0.2, 0.25) is 0 Å². The summed E-state index contributed by atoms with van der Waals surface area (Å²) in [6, 6.07) is 11.1. The van der Waals surface area contributed by atoms with Crippen LogP contribution in [0.3, 0.4) is 0 Å². The van der Waals surface area contributed by atoms with Gasteiger partial charge in [-0.05, 0) is 42.3 Å². The lowest BCUT2D eigenvalue weighted by molar-refractivity contribution is -0.116. The highest BCUT2D eigenvalue weighted by Crippen LogP contribution is 2.16. The van der Waals surface area contributed by atoms with Crippen molar-refractivity contribution in [2.24, 2.45) is 5.73 Å². The number of nitrogens with zero attached hydrogens (tertiary/aromatic N) is 1. The van der Waals surface area contributed by atoms with Gasteiger partial charge >= 0.3 is 0 Å². The van der Waals surface area contributed by atoms with E-state index in [4.69, 9.17) is 10.5 Å². The Bertz CT molecular complexity index is 555. The van der Waals surface area contributed by atoms with Crippen molar-refractivity contribution < 1.29 is 9.53 Å². The molecule has 0 bridgehead atoms. The van der Waals surface area contributed by atoms with Gasteiger partial charge in [0, 0.05) is 31.0 Å². The summed E-state index contributed by atoms with van der Waals surface area (Å²) in [4.78, 5) is 15.9. The second kappa shape index (κ2) is 8.01. The lowest BCUT2D eigenvalue weighted by atomic mass is 10.1. The summed E-state index contributed by atoms with van der Waals surface area (Å²) in [5, 5.41) is 2.86. The summed E-state index contributed by atoms with van der Waals surface area (Å²) in [5.41, 5.74) is 7.18. The van der Waals surface area contributed by atoms with Crippen molar-refractivity contribution in [2.75, 3.05) is 18.5 Å². The van der Waals surface area contributed by atoms with E-state index in [-0.39, 0.29) is 5.91 Å². The summed E-state index contributed by atoms with van der Waals surface area (Å²) in [7, 11) is 0. The molecule has 0 aliphatic heterocycles. The van der Waals surface area contributed by atoms with E-state index in [9.17, 15) is 4.79 Å². The zero-order valence-electron chi connectivity index (χ0n) is 11.8. The minimum absolute atomic E-state index is 0.0190. The number of carbonyl (C=O) groups is 1. The van der Waals surface area contributed by atoms with Gasteiger partial charge in [-0.1, -0.05) is 6.07 Å². The summed E-state index contributed by atoms with van der Waals surface area (Å²) < 4.78 is 5.38. The normalized spacial score (nSPS) is 10.1. The Labute approximate surface area is 124 Å². The lowest BCUT2D eigenvalue weighted by Gasteiger charge is -2.07. The topological polar surface area (TPSA) is 77.2 Å². The molecule has 1 aromatic carbocycles. The molecule has 0 saturated heterocycles. The molecule has 0 spiro atoms. The number of amides is 1. The molecule has 3 N–H and O–H groups in total. The smallest absolute Gasteiger partial charge is 0.224 e. The first-order valence-corrected chi connectivity index (χ1v) is 6.89. The van der Waals surface area contributed by atoms with Crippen molar-refractivity contribution in [3.63, 3.8) is 0 Å². The lowest BCUT2D eigenvalue weighted by Crippen LogP contribution is -2.12. The van der Waals surface area contributed by atoms with Gasteiger partial charge in [0.2, 0.25) is 5.91 Å². The van der Waals surface area contributed by atoms with Crippen LogP contribution in [-0.4, -0.2) is 24.0 Å². The summed E-state index contributed by atoms with van der Waals surface area (Å²) in [6.45, 7) is 0.962. The highest BCUT2D eigenvalue weighted by Gasteiger charge is 2.03. The van der Waals surface area contributed by atoms with Gasteiger partial charge in [-0.3, -0.25) is 9.78 Å². The molecule has 2 aromatic rings. The molecule has 110 valence electrons. The molecule has 5 nitrogen and oxygen atoms in total. The van der Waals surface area contributed by atoms with Gasteiger partial charge in [0.25, 0.3) is 0 Å². The van der Waals surface area contributed by atoms with E-state index in [0.717, 1.165) is 17.0 Å². The quantitative estimate of drug-likeness (QED) is 0.815. The van der Waals surface area contributed by atoms with Crippen LogP contribution >= 0.6 is 0 Å². The Morgan fingerprint density at radius 1 is 1.24 bits per heavy atom. The van der Waals surface area contributed by atoms with E-state index in [1.165, 1.54) is 0 Å². The molecule has 0 radical (unpaired) electrons. The Kier molecular flexibility index (Phi) is 5.72. The average Bonchev–Trinajstić information content (AvgIpc) is 2.53. The molecule has 0 aliphatic carbocycles. The number of aromatic nitrogens is 1. The maximum Gasteiger partial charge on any atom is 0.224 e. The standard InChI is InChI=1S/C16H19N3O2/c17-9-11-21-15-6-4-14(5-7-15)19-16(20)8-3-13-2-1-10-18-12-13/h1-2,4-7,10,12H,3,8-9,11,17H2,(H,19,20). The second-order valence-corrected chi connectivity index (χ2v) is 4.57. The van der Waals surface area contributed by atoms with Gasteiger partial charge in [-0.2, -0.15) is 0 Å². The Morgan fingerprint density at radius 2 is 2.05 bits per heavy atom. The first-order valence-electron chi connectivity index (χ1n) is 6.89. The molecular weight excluding hydrogens is 266 g/mol. The zero-order valence-corrected chi connectivity index (χ0v) is 11.8. The first kappa shape index (κ1) is 15.0. The number of hydrogen-bond acceptors (Lipinski definition) is 4. The van der Waals surface area contributed by atoms with E-state index < -0.39 is 0 Å². The molecular formula is C16H19N3O2. The van der Waals surface area contributed by atoms with Crippen LogP contribution in [0.1, 0.15) is 12.0 Å². The van der Waals surface area contributed by atoms with Crippen molar-refractivity contribution in [1.82, 2.24) is 4.98 Å². The fourth-order valence-corrected chi connectivity index (χ4v) is 1.84. The minimum atomic E-state index is -0.0190. The van der Waals surface area contributed by atoms with Crippen LogP contribution in [0.5, 0.6) is 5.75 Å². The molecule has 1 heterocycles. The molecule has 5 heteroatoms. The number of pyridine rings is 1. The fourth-order valence-electron chi connectivity index (χ4n) is 1.84. The molecule has 0 aliphatic rings. The number of rotatable bonds is 7. The number of nitrogens with two attached hydrogens (primary N) is 1. The first-order chi connectivity index (χ1) is 10.3. The van der Waals surface area contributed by atoms with E-state index in [1.54, 1.807) is 12.4 Å². The van der Waals surface area contributed by atoms with Crippen LogP contribution in [0.4, 0.5) is 5.69 Å². The van der Waals surface area contributed by atoms with Gasteiger partial charge in [0.1, 0.15) is 12.4 Å². The van der Waals surface area contributed by atoms with Crippen LogP contribution in [0, 0.1) is 0 Å². The second-order valence-electron chi connectivity index (χ2n) is 4.57. The third-order valence-corrected chi connectivity index (χ3v) is 2.89. The SMILES string of the molecule is NCCOc1ccc(NC(=O)CCc2cccnc2)cc1. The summed E-state index contributed by atoms with van der Waals surface area (Å²) in [5.74, 6) is 0.725. The summed E-state index contributed by atoms with van der Waals surface area (Å²) >= 11 is 0. The molecule has 1 aromatic heterocycles. The molecule has 21 heavy (non-hydrogen) atoms. The van der Waals surface area contributed by atoms with Crippen LogP contribution < -0.4 is 15.8 Å². The van der Waals surface area contributed by atoms with Gasteiger partial charge in [0.15, 0.2) is 0 Å². The number of ether oxygens (including phenoxy) is 1. The monoisotopic (exact) mass is 285 g/mol. The van der Waals surface area contributed by atoms with Crippen molar-refractivity contribution in [3.05, 3.63) is 54.4 Å². The van der Waals surface area contributed by atoms with Crippen molar-refractivity contribution in [3.8, 4) is 5.75 Å². The molecule has 0 saturated carbocycles. The van der Waals surface area contributed by atoms with E-state index >= 15 is 0 Å². The van der Waals surface area contributed by atoms with Crippen LogP contribution in [-0.2, 0) is 11.2 Å². The predicted octanol–water partition coefficient (Wildman–Crippen LogP) is 1.99. The molecule has 2 rings (SSSR count). The third-order valence-electron chi connectivity index (χ3n) is 2.89. The molecule has 1 amide bonds. The van der Waals surface area contributed by atoms with E-state index in [2.05, 4.69) is 10.3 Å². The number of hydrogen-bond donors (Lipinski definition) is 2. The Balaban J connectivity index is 1.79. The Hall–Kier alpha value is -2.40. The van der Waals surface area contributed by atoms with E-state index in [0.29, 0.717) is 26.0 Å². The van der Waals surface area contributed by atoms with Gasteiger partial charge in [-0.15, -0.1) is 0 Å². The van der Waals surface area contributed by atoms with Gasteiger partial charge < -0.3 is 15.8 Å². The fraction of sp³-hybridized carbons (Fsp3) is 0.250. The van der Waals surface area contributed by atoms with Crippen LogP contribution in [0.25, 0.3) is 0 Å². The van der Waals surface area contributed by atoms with Gasteiger partial charge in [-0.25, -0.2) is 0 Å². The number of benzene rings is 1. The maximum absolute atomic E-state index is 11.9. The average molecular weight is 285 g/mol. The number of carbonyl (C=O) groups excluding carboxylic acids is 1.